The van der Waals surface area contributed by atoms with Gasteiger partial charge >= 0.3 is 7.05 Å². The number of hydrogen-bond donors (Lipinski definition) is 3. The van der Waals surface area contributed by atoms with E-state index in [4.69, 9.17) is 5.10 Å². The average Bonchev–Trinajstić information content (AvgIpc) is 3.05. The molecule has 2 saturated carbocycles. The lowest BCUT2D eigenvalue weighted by atomic mass is 9.55. The van der Waals surface area contributed by atoms with E-state index in [1.807, 2.05) is 19.3 Å². The van der Waals surface area contributed by atoms with Crippen molar-refractivity contribution < 1.29 is 10.1 Å². The van der Waals surface area contributed by atoms with Gasteiger partial charge in [0.05, 0.1) is 11.3 Å². The van der Waals surface area contributed by atoms with Crippen molar-refractivity contribution in [3.63, 3.8) is 0 Å². The number of hydrogen-bond acceptors (Lipinski definition) is 5. The van der Waals surface area contributed by atoms with Crippen molar-refractivity contribution in [1.82, 2.24) is 14.9 Å². The maximum absolute atomic E-state index is 11.1. The van der Waals surface area contributed by atoms with Crippen molar-refractivity contribution in [1.29, 1.82) is 0 Å². The number of rotatable bonds is 1. The zero-order chi connectivity index (χ0) is 18.9. The van der Waals surface area contributed by atoms with Gasteiger partial charge in [-0.3, -0.25) is 0 Å². The summed E-state index contributed by atoms with van der Waals surface area (Å²) in [5.74, 6) is 1.57. The first-order valence-electron chi connectivity index (χ1n) is 10.0. The highest BCUT2D eigenvalue weighted by Crippen LogP contribution is 2.51. The van der Waals surface area contributed by atoms with Crippen LogP contribution in [0.3, 0.4) is 0 Å². The third kappa shape index (κ3) is 2.55. The first-order chi connectivity index (χ1) is 12.9. The summed E-state index contributed by atoms with van der Waals surface area (Å²) >= 11 is 0. The molecule has 2 bridgehead atoms. The molecule has 1 aliphatic heterocycles. The number of aliphatic hydroxyl groups is 1. The Labute approximate surface area is 159 Å². The van der Waals surface area contributed by atoms with Gasteiger partial charge in [0.1, 0.15) is 5.65 Å². The van der Waals surface area contributed by atoms with Gasteiger partial charge in [-0.15, -0.1) is 0 Å². The Morgan fingerprint density at radius 3 is 2.93 bits per heavy atom. The monoisotopic (exact) mass is 366 g/mol. The van der Waals surface area contributed by atoms with Gasteiger partial charge in [0.15, 0.2) is 0 Å². The van der Waals surface area contributed by atoms with E-state index in [9.17, 15) is 10.1 Å². The van der Waals surface area contributed by atoms with Gasteiger partial charge < -0.3 is 20.0 Å². The zero-order valence-electron chi connectivity index (χ0n) is 16.2. The van der Waals surface area contributed by atoms with Gasteiger partial charge in [0.2, 0.25) is 0 Å². The molecule has 0 unspecified atom stereocenters. The minimum absolute atomic E-state index is 0.280. The van der Waals surface area contributed by atoms with Crippen LogP contribution in [0.15, 0.2) is 23.6 Å². The van der Waals surface area contributed by atoms with Crippen LogP contribution in [0.2, 0.25) is 0 Å². The number of hydrazone groups is 1. The number of nitrogens with one attached hydrogen (secondary N) is 1. The van der Waals surface area contributed by atoms with Crippen LogP contribution in [-0.4, -0.2) is 50.4 Å². The second kappa shape index (κ2) is 5.82. The minimum atomic E-state index is -0.781. The Morgan fingerprint density at radius 2 is 2.11 bits per heavy atom. The lowest BCUT2D eigenvalue weighted by Gasteiger charge is -2.51. The normalized spacial score (nSPS) is 36.0. The molecule has 5 rings (SSSR count). The van der Waals surface area contributed by atoms with E-state index in [-0.39, 0.29) is 5.92 Å². The number of H-pyrrole nitrogens is 1. The predicted octanol–water partition coefficient (Wildman–Crippen LogP) is 1.72. The highest BCUT2D eigenvalue weighted by molar-refractivity contribution is 6.66. The molecular weight excluding hydrogens is 339 g/mol. The van der Waals surface area contributed by atoms with Crippen LogP contribution >= 0.6 is 0 Å². The number of aromatic nitrogens is 2. The molecule has 3 N–H and O–H groups in total. The summed E-state index contributed by atoms with van der Waals surface area (Å²) < 4.78 is 0. The van der Waals surface area contributed by atoms with Crippen LogP contribution in [0.25, 0.3) is 11.0 Å². The SMILES string of the molecule is C[C@@H]1C[C@H]2C[C@@](O)(C1)C[C@@H](C)[C@@H]2C1=NN(C)B(O)c2cnc3[nH]ccc3c21. The Balaban J connectivity index is 1.67. The molecule has 6 nitrogen and oxygen atoms in total. The molecule has 0 spiro atoms. The molecule has 2 fully saturated rings. The fourth-order valence-electron chi connectivity index (χ4n) is 6.24. The average molecular weight is 366 g/mol. The molecule has 0 radical (unpaired) electrons. The topological polar surface area (TPSA) is 84.7 Å². The molecule has 27 heavy (non-hydrogen) atoms. The molecule has 142 valence electrons. The largest absolute Gasteiger partial charge is 0.468 e. The van der Waals surface area contributed by atoms with Crippen molar-refractivity contribution in [2.45, 2.75) is 45.1 Å². The Hall–Kier alpha value is -1.86. The van der Waals surface area contributed by atoms with Crippen LogP contribution in [0.4, 0.5) is 0 Å². The standard InChI is InChI=1S/C20H27BN4O2/c1-11-6-13-9-20(26,7-11)8-12(2)16(13)18-17-14-4-5-22-19(14)23-10-15(17)21(27)25(3)24-18/h4-5,10-13,16,26-27H,6-9H2,1-3H3,(H,22,23)/t11-,12-,13+,16+,20-/m1/s1. The summed E-state index contributed by atoms with van der Waals surface area (Å²) in [6.45, 7) is 4.51. The van der Waals surface area contributed by atoms with Crippen molar-refractivity contribution in [3.8, 4) is 0 Å². The summed E-state index contributed by atoms with van der Waals surface area (Å²) in [5.41, 5.74) is 3.22. The van der Waals surface area contributed by atoms with Crippen molar-refractivity contribution in [2.24, 2.45) is 28.8 Å². The summed E-state index contributed by atoms with van der Waals surface area (Å²) in [7, 11) is 1.04. The molecule has 3 heterocycles. The first kappa shape index (κ1) is 17.3. The lowest BCUT2D eigenvalue weighted by molar-refractivity contribution is -0.0918. The maximum atomic E-state index is 11.1. The first-order valence-corrected chi connectivity index (χ1v) is 10.0. The van der Waals surface area contributed by atoms with E-state index in [2.05, 4.69) is 23.8 Å². The molecule has 0 saturated heterocycles. The maximum Gasteiger partial charge on any atom is 0.468 e. The van der Waals surface area contributed by atoms with Crippen LogP contribution in [0, 0.1) is 23.7 Å². The second-order valence-corrected chi connectivity index (χ2v) is 9.20. The number of pyridine rings is 1. The van der Waals surface area contributed by atoms with Gasteiger partial charge in [-0.2, -0.15) is 5.10 Å². The third-order valence-electron chi connectivity index (χ3n) is 6.98. The molecule has 0 amide bonds. The minimum Gasteiger partial charge on any atom is -0.428 e. The second-order valence-electron chi connectivity index (χ2n) is 9.20. The van der Waals surface area contributed by atoms with E-state index >= 15 is 0 Å². The van der Waals surface area contributed by atoms with Crippen LogP contribution in [0.1, 0.15) is 45.1 Å². The fraction of sp³-hybridized carbons (Fsp3) is 0.600. The quantitative estimate of drug-likeness (QED) is 0.671. The van der Waals surface area contributed by atoms with Crippen LogP contribution < -0.4 is 5.46 Å². The summed E-state index contributed by atoms with van der Waals surface area (Å²) in [6, 6.07) is 2.03. The van der Waals surface area contributed by atoms with Gasteiger partial charge in [0.25, 0.3) is 0 Å². The highest BCUT2D eigenvalue weighted by Gasteiger charge is 2.50. The van der Waals surface area contributed by atoms with Crippen molar-refractivity contribution in [3.05, 3.63) is 24.0 Å². The van der Waals surface area contributed by atoms with E-state index in [0.717, 1.165) is 53.5 Å². The Bertz CT molecular complexity index is 924. The van der Waals surface area contributed by atoms with Crippen LogP contribution in [0.5, 0.6) is 0 Å². The van der Waals surface area contributed by atoms with Gasteiger partial charge in [-0.25, -0.2) is 4.98 Å². The number of nitrogens with zero attached hydrogens (tertiary/aromatic N) is 3. The highest BCUT2D eigenvalue weighted by atomic mass is 16.3. The van der Waals surface area contributed by atoms with Gasteiger partial charge in [-0.1, -0.05) is 13.8 Å². The van der Waals surface area contributed by atoms with E-state index in [0.29, 0.717) is 17.8 Å². The third-order valence-corrected chi connectivity index (χ3v) is 6.98. The molecule has 0 aromatic carbocycles. The number of fused-ring (bicyclic) bond motifs is 5. The summed E-state index contributed by atoms with van der Waals surface area (Å²) in [4.78, 5) is 9.32. The molecule has 2 aliphatic carbocycles. The van der Waals surface area contributed by atoms with E-state index in [1.165, 1.54) is 0 Å². The molecule has 2 aromatic rings. The Morgan fingerprint density at radius 1 is 1.30 bits per heavy atom. The molecule has 3 aliphatic rings. The van der Waals surface area contributed by atoms with Crippen LogP contribution in [-0.2, 0) is 0 Å². The molecule has 5 atom stereocenters. The predicted molar refractivity (Wildman–Crippen MR) is 107 cm³/mol. The summed E-state index contributed by atoms with van der Waals surface area (Å²) in [6.07, 6.45) is 7.38. The van der Waals surface area contributed by atoms with Crippen molar-refractivity contribution >= 4 is 29.3 Å². The summed E-state index contributed by atoms with van der Waals surface area (Å²) in [5, 5.41) is 27.7. The van der Waals surface area contributed by atoms with Gasteiger partial charge in [-0.05, 0) is 49.5 Å². The molecular formula is C20H27BN4O2. The van der Waals surface area contributed by atoms with E-state index < -0.39 is 12.7 Å². The Kier molecular flexibility index (Phi) is 3.72. The lowest BCUT2D eigenvalue weighted by Crippen LogP contribution is -2.55. The molecule has 7 heteroatoms. The molecule has 2 aromatic heterocycles. The van der Waals surface area contributed by atoms with Crippen molar-refractivity contribution in [2.75, 3.05) is 7.05 Å². The van der Waals surface area contributed by atoms with E-state index in [1.54, 1.807) is 11.1 Å². The fourth-order valence-corrected chi connectivity index (χ4v) is 6.24. The number of aromatic amines is 1. The van der Waals surface area contributed by atoms with Gasteiger partial charge in [0, 0.05) is 41.8 Å². The zero-order valence-corrected chi connectivity index (χ0v) is 16.2. The smallest absolute Gasteiger partial charge is 0.428 e.